The van der Waals surface area contributed by atoms with Crippen LogP contribution in [0, 0.1) is 0 Å². The number of hydrogen-bond acceptors (Lipinski definition) is 5. The summed E-state index contributed by atoms with van der Waals surface area (Å²) < 4.78 is 4.67. The van der Waals surface area contributed by atoms with E-state index in [0.717, 1.165) is 25.1 Å². The first-order valence-corrected chi connectivity index (χ1v) is 8.22. The van der Waals surface area contributed by atoms with Gasteiger partial charge in [0.05, 0.1) is 12.7 Å². The van der Waals surface area contributed by atoms with Gasteiger partial charge in [0.15, 0.2) is 0 Å². The highest BCUT2D eigenvalue weighted by molar-refractivity contribution is 5.94. The molecule has 0 fully saturated rings. The van der Waals surface area contributed by atoms with Gasteiger partial charge in [0.25, 0.3) is 5.91 Å². The Hall–Kier alpha value is -2.89. The van der Waals surface area contributed by atoms with Crippen molar-refractivity contribution in [1.29, 1.82) is 0 Å². The zero-order chi connectivity index (χ0) is 18.2. The van der Waals surface area contributed by atoms with Crippen LogP contribution in [0.4, 0.5) is 11.5 Å². The van der Waals surface area contributed by atoms with E-state index in [4.69, 9.17) is 0 Å². The quantitative estimate of drug-likeness (QED) is 0.781. The van der Waals surface area contributed by atoms with Gasteiger partial charge < -0.3 is 15.0 Å². The van der Waals surface area contributed by atoms with Crippen molar-refractivity contribution >= 4 is 23.4 Å². The number of unbranched alkanes of at least 4 members (excludes halogenated alkanes) is 1. The molecule has 0 spiro atoms. The molecule has 1 aromatic carbocycles. The molecule has 1 N–H and O–H groups in total. The fraction of sp³-hybridized carbons (Fsp3) is 0.316. The molecule has 0 radical (unpaired) electrons. The molecule has 2 aromatic rings. The Morgan fingerprint density at radius 1 is 1.16 bits per heavy atom. The lowest BCUT2D eigenvalue weighted by Crippen LogP contribution is -2.27. The van der Waals surface area contributed by atoms with Gasteiger partial charge in [-0.3, -0.25) is 4.79 Å². The van der Waals surface area contributed by atoms with Crippen LogP contribution in [0.3, 0.4) is 0 Å². The van der Waals surface area contributed by atoms with Gasteiger partial charge in [0.1, 0.15) is 5.82 Å². The molecule has 0 aliphatic carbocycles. The van der Waals surface area contributed by atoms with Crippen molar-refractivity contribution in [3.05, 3.63) is 53.7 Å². The van der Waals surface area contributed by atoms with Gasteiger partial charge in [0, 0.05) is 31.0 Å². The van der Waals surface area contributed by atoms with Crippen molar-refractivity contribution in [3.8, 4) is 0 Å². The molecule has 0 saturated carbocycles. The third-order valence-electron chi connectivity index (χ3n) is 3.78. The summed E-state index contributed by atoms with van der Waals surface area (Å²) in [6.45, 7) is 2.83. The van der Waals surface area contributed by atoms with E-state index in [1.54, 1.807) is 54.5 Å². The van der Waals surface area contributed by atoms with Crippen LogP contribution in [0.15, 0.2) is 42.6 Å². The third-order valence-corrected chi connectivity index (χ3v) is 3.78. The second-order valence-electron chi connectivity index (χ2n) is 5.70. The average molecular weight is 341 g/mol. The smallest absolute Gasteiger partial charge is 0.337 e. The van der Waals surface area contributed by atoms with E-state index in [2.05, 4.69) is 22.0 Å². The number of nitrogens with zero attached hydrogens (tertiary/aromatic N) is 2. The molecule has 0 aliphatic rings. The minimum atomic E-state index is -0.382. The van der Waals surface area contributed by atoms with E-state index in [-0.39, 0.29) is 11.9 Å². The molecule has 132 valence electrons. The normalized spacial score (nSPS) is 10.2. The predicted octanol–water partition coefficient (Wildman–Crippen LogP) is 3.48. The minimum Gasteiger partial charge on any atom is -0.465 e. The van der Waals surface area contributed by atoms with E-state index in [0.29, 0.717) is 16.9 Å². The number of amides is 1. The second-order valence-corrected chi connectivity index (χ2v) is 5.70. The van der Waals surface area contributed by atoms with E-state index in [1.807, 2.05) is 0 Å². The maximum absolute atomic E-state index is 12.4. The monoisotopic (exact) mass is 341 g/mol. The molecule has 0 aliphatic heterocycles. The highest BCUT2D eigenvalue weighted by Crippen LogP contribution is 2.17. The van der Waals surface area contributed by atoms with Crippen LogP contribution in [0.2, 0.25) is 0 Å². The largest absolute Gasteiger partial charge is 0.465 e. The van der Waals surface area contributed by atoms with Gasteiger partial charge >= 0.3 is 5.97 Å². The standard InChI is InChI=1S/C19H23N3O3/c1-4-5-12-22(2)18(23)15-10-11-20-17(13-15)21-16-8-6-14(7-9-16)19(24)25-3/h6-11,13H,4-5,12H2,1-3H3,(H,20,21). The number of anilines is 2. The first kappa shape index (κ1) is 18.4. The summed E-state index contributed by atoms with van der Waals surface area (Å²) in [6, 6.07) is 10.3. The van der Waals surface area contributed by atoms with Gasteiger partial charge in [-0.15, -0.1) is 0 Å². The zero-order valence-corrected chi connectivity index (χ0v) is 14.8. The summed E-state index contributed by atoms with van der Waals surface area (Å²) in [7, 11) is 3.15. The Balaban J connectivity index is 2.08. The maximum atomic E-state index is 12.4. The van der Waals surface area contributed by atoms with Crippen LogP contribution < -0.4 is 5.32 Å². The molecule has 25 heavy (non-hydrogen) atoms. The van der Waals surface area contributed by atoms with Crippen LogP contribution in [0.25, 0.3) is 0 Å². The van der Waals surface area contributed by atoms with Crippen molar-refractivity contribution < 1.29 is 14.3 Å². The molecular weight excluding hydrogens is 318 g/mol. The summed E-state index contributed by atoms with van der Waals surface area (Å²) in [4.78, 5) is 29.8. The number of aromatic nitrogens is 1. The van der Waals surface area contributed by atoms with Crippen LogP contribution in [-0.2, 0) is 4.74 Å². The fourth-order valence-electron chi connectivity index (χ4n) is 2.30. The van der Waals surface area contributed by atoms with Crippen molar-refractivity contribution in [3.63, 3.8) is 0 Å². The summed E-state index contributed by atoms with van der Waals surface area (Å²) in [5, 5.41) is 3.13. The molecule has 0 saturated heterocycles. The van der Waals surface area contributed by atoms with Crippen LogP contribution >= 0.6 is 0 Å². The molecular formula is C19H23N3O3. The Morgan fingerprint density at radius 2 is 1.88 bits per heavy atom. The first-order chi connectivity index (χ1) is 12.0. The molecule has 6 nitrogen and oxygen atoms in total. The highest BCUT2D eigenvalue weighted by atomic mass is 16.5. The predicted molar refractivity (Wildman–Crippen MR) is 97.2 cm³/mol. The number of nitrogens with one attached hydrogen (secondary N) is 1. The van der Waals surface area contributed by atoms with Gasteiger partial charge in [-0.1, -0.05) is 13.3 Å². The molecule has 0 unspecified atom stereocenters. The summed E-state index contributed by atoms with van der Waals surface area (Å²) in [5.74, 6) is 0.160. The summed E-state index contributed by atoms with van der Waals surface area (Å²) >= 11 is 0. The van der Waals surface area contributed by atoms with Crippen LogP contribution in [-0.4, -0.2) is 42.5 Å². The number of pyridine rings is 1. The van der Waals surface area contributed by atoms with Crippen LogP contribution in [0.1, 0.15) is 40.5 Å². The first-order valence-electron chi connectivity index (χ1n) is 8.22. The summed E-state index contributed by atoms with van der Waals surface area (Å²) in [6.07, 6.45) is 3.62. The lowest BCUT2D eigenvalue weighted by Gasteiger charge is -2.17. The number of rotatable bonds is 7. The van der Waals surface area contributed by atoms with Gasteiger partial charge in [-0.25, -0.2) is 9.78 Å². The number of carbonyl (C=O) groups is 2. The molecule has 0 bridgehead atoms. The summed E-state index contributed by atoms with van der Waals surface area (Å²) in [5.41, 5.74) is 1.83. The van der Waals surface area contributed by atoms with Crippen molar-refractivity contribution in [2.24, 2.45) is 0 Å². The van der Waals surface area contributed by atoms with E-state index >= 15 is 0 Å². The minimum absolute atomic E-state index is 0.0278. The average Bonchev–Trinajstić information content (AvgIpc) is 2.65. The topological polar surface area (TPSA) is 71.5 Å². The number of benzene rings is 1. The Labute approximate surface area is 147 Å². The Kier molecular flexibility index (Phi) is 6.51. The maximum Gasteiger partial charge on any atom is 0.337 e. The van der Waals surface area contributed by atoms with Crippen molar-refractivity contribution in [2.45, 2.75) is 19.8 Å². The van der Waals surface area contributed by atoms with E-state index < -0.39 is 0 Å². The number of ether oxygens (including phenoxy) is 1. The lowest BCUT2D eigenvalue weighted by molar-refractivity contribution is 0.0600. The molecule has 1 aromatic heterocycles. The van der Waals surface area contributed by atoms with Crippen LogP contribution in [0.5, 0.6) is 0 Å². The number of carbonyl (C=O) groups excluding carboxylic acids is 2. The lowest BCUT2D eigenvalue weighted by atomic mass is 10.2. The zero-order valence-electron chi connectivity index (χ0n) is 14.8. The molecule has 1 amide bonds. The van der Waals surface area contributed by atoms with Gasteiger partial charge in [-0.2, -0.15) is 0 Å². The van der Waals surface area contributed by atoms with E-state index in [9.17, 15) is 9.59 Å². The molecule has 1 heterocycles. The fourth-order valence-corrected chi connectivity index (χ4v) is 2.30. The van der Waals surface area contributed by atoms with Crippen molar-refractivity contribution in [1.82, 2.24) is 9.88 Å². The number of esters is 1. The molecule has 0 atom stereocenters. The molecule has 2 rings (SSSR count). The van der Waals surface area contributed by atoms with Gasteiger partial charge in [-0.05, 0) is 42.8 Å². The van der Waals surface area contributed by atoms with Crippen molar-refractivity contribution in [2.75, 3.05) is 26.0 Å². The highest BCUT2D eigenvalue weighted by Gasteiger charge is 2.12. The molecule has 6 heteroatoms. The van der Waals surface area contributed by atoms with E-state index in [1.165, 1.54) is 7.11 Å². The third kappa shape index (κ3) is 5.04. The Bertz CT molecular complexity index is 729. The second kappa shape index (κ2) is 8.82. The number of methoxy groups -OCH3 is 1. The SMILES string of the molecule is CCCCN(C)C(=O)c1ccnc(Nc2ccc(C(=O)OC)cc2)c1. The van der Waals surface area contributed by atoms with Gasteiger partial charge in [0.2, 0.25) is 0 Å². The number of hydrogen-bond donors (Lipinski definition) is 1. The Morgan fingerprint density at radius 3 is 2.52 bits per heavy atom.